The first-order valence-corrected chi connectivity index (χ1v) is 4.32. The fraction of sp³-hybridized carbons (Fsp3) is 0.667. The Bertz CT molecular complexity index is 113. The lowest BCUT2D eigenvalue weighted by Gasteiger charge is -1.94. The van der Waals surface area contributed by atoms with E-state index in [1.807, 2.05) is 6.92 Å². The molecule has 0 spiro atoms. The van der Waals surface area contributed by atoms with Gasteiger partial charge in [-0.25, -0.2) is 0 Å². The average molecular weight is 198 g/mol. The van der Waals surface area contributed by atoms with Crippen LogP contribution in [-0.4, -0.2) is 20.2 Å². The minimum atomic E-state index is -3.63. The molecule has 0 aromatic heterocycles. The van der Waals surface area contributed by atoms with Crippen molar-refractivity contribution in [3.05, 3.63) is 0 Å². The molecule has 0 amide bonds. The number of thiol groups is 1. The van der Waals surface area contributed by atoms with Crippen LogP contribution in [-0.2, 0) is 9.20 Å². The largest absolute Gasteiger partial charge is 0.672 e. The van der Waals surface area contributed by atoms with E-state index in [0.29, 0.717) is 11.0 Å². The predicted octanol–water partition coefficient (Wildman–Crippen LogP) is -1.64. The summed E-state index contributed by atoms with van der Waals surface area (Å²) in [5.74, 6) is 0. The lowest BCUT2D eigenvalue weighted by atomic mass is 10.9. The Morgan fingerprint density at radius 2 is 2.10 bits per heavy atom. The van der Waals surface area contributed by atoms with Gasteiger partial charge in [-0.05, 0) is 19.1 Å². The predicted molar refractivity (Wildman–Crippen MR) is 39.7 cm³/mol. The van der Waals surface area contributed by atoms with Crippen LogP contribution in [0.15, 0.2) is 0 Å². The number of hydrogen-bond donors (Lipinski definition) is 1. The van der Waals surface area contributed by atoms with Gasteiger partial charge in [0.05, 0.1) is 6.61 Å². The molecule has 0 aliphatic rings. The molecule has 0 aliphatic heterocycles. The van der Waals surface area contributed by atoms with E-state index >= 15 is 0 Å². The number of ether oxygens (including phenoxy) is 1. The van der Waals surface area contributed by atoms with E-state index in [1.54, 1.807) is 0 Å². The summed E-state index contributed by atoms with van der Waals surface area (Å²) in [6.45, 7) is 2.48. The van der Waals surface area contributed by atoms with Crippen LogP contribution in [0.25, 0.3) is 0 Å². The minimum Gasteiger partial charge on any atom is -0.672 e. The van der Waals surface area contributed by atoms with E-state index in [-0.39, 0.29) is 0 Å². The van der Waals surface area contributed by atoms with Crippen molar-refractivity contribution in [1.29, 1.82) is 0 Å². The van der Waals surface area contributed by atoms with Crippen LogP contribution >= 0.6 is 24.8 Å². The highest BCUT2D eigenvalue weighted by molar-refractivity contribution is 8.10. The summed E-state index contributed by atoms with van der Waals surface area (Å²) in [4.78, 5) is 17.0. The van der Waals surface area contributed by atoms with Gasteiger partial charge in [-0.15, -0.1) is 0 Å². The fourth-order valence-electron chi connectivity index (χ4n) is 0.123. The van der Waals surface area contributed by atoms with Crippen molar-refractivity contribution in [1.82, 2.24) is 0 Å². The first-order valence-electron chi connectivity index (χ1n) is 2.24. The molecule has 0 heterocycles. The summed E-state index contributed by atoms with van der Waals surface area (Å²) >= 11 is 8.12. The third kappa shape index (κ3) is 45.3. The summed E-state index contributed by atoms with van der Waals surface area (Å²) < 4.78 is 13.5. The van der Waals surface area contributed by atoms with Crippen molar-refractivity contribution in [3.63, 3.8) is 0 Å². The molecular weight excluding hydrogens is 192 g/mol. The number of rotatable bonds is 1. The summed E-state index contributed by atoms with van der Waals surface area (Å²) in [6, 6.07) is 0. The highest BCUT2D eigenvalue weighted by atomic mass is 32.1. The van der Waals surface area contributed by atoms with Gasteiger partial charge in [-0.2, -0.15) is 0 Å². The van der Waals surface area contributed by atoms with Gasteiger partial charge < -0.3 is 18.8 Å². The maximum absolute atomic E-state index is 8.52. The SMILES string of the molecule is CCOC(=S)S.O=[Si]([O-])[O-]. The Hall–Kier alpha value is -0.143. The van der Waals surface area contributed by atoms with Crippen molar-refractivity contribution in [3.8, 4) is 0 Å². The molecule has 0 saturated carbocycles. The number of thiocarbonyl (C=S) groups is 1. The van der Waals surface area contributed by atoms with E-state index in [2.05, 4.69) is 29.6 Å². The van der Waals surface area contributed by atoms with Crippen LogP contribution in [0.4, 0.5) is 0 Å². The summed E-state index contributed by atoms with van der Waals surface area (Å²) in [5.41, 5.74) is 0. The Kier molecular flexibility index (Phi) is 11.1. The third-order valence-corrected chi connectivity index (χ3v) is 0.515. The van der Waals surface area contributed by atoms with Gasteiger partial charge in [-0.1, -0.05) is 12.6 Å². The normalized spacial score (nSPS) is 7.00. The molecule has 0 fully saturated rings. The van der Waals surface area contributed by atoms with Crippen molar-refractivity contribution >= 4 is 38.4 Å². The van der Waals surface area contributed by atoms with Gasteiger partial charge in [0.15, 0.2) is 0 Å². The van der Waals surface area contributed by atoms with E-state index in [9.17, 15) is 0 Å². The molecule has 10 heavy (non-hydrogen) atoms. The van der Waals surface area contributed by atoms with E-state index in [0.717, 1.165) is 0 Å². The molecular formula is C3H6O4S2Si-2. The van der Waals surface area contributed by atoms with Crippen LogP contribution < -0.4 is 9.59 Å². The molecule has 4 nitrogen and oxygen atoms in total. The molecule has 0 aromatic rings. The molecule has 0 bridgehead atoms. The Morgan fingerprint density at radius 3 is 2.10 bits per heavy atom. The highest BCUT2D eigenvalue weighted by Gasteiger charge is 1.77. The Morgan fingerprint density at radius 1 is 1.80 bits per heavy atom. The second-order valence-electron chi connectivity index (χ2n) is 0.949. The van der Waals surface area contributed by atoms with Gasteiger partial charge in [0.2, 0.25) is 4.38 Å². The van der Waals surface area contributed by atoms with Crippen LogP contribution in [0.5, 0.6) is 0 Å². The van der Waals surface area contributed by atoms with Crippen LogP contribution in [0, 0.1) is 0 Å². The molecule has 7 heteroatoms. The smallest absolute Gasteiger partial charge is 0.216 e. The summed E-state index contributed by atoms with van der Waals surface area (Å²) in [5, 5.41) is 0. The Balaban J connectivity index is 0. The zero-order valence-corrected chi connectivity index (χ0v) is 7.91. The second kappa shape index (κ2) is 8.86. The van der Waals surface area contributed by atoms with Crippen LogP contribution in [0.1, 0.15) is 6.92 Å². The minimum absolute atomic E-state index is 0.317. The van der Waals surface area contributed by atoms with Gasteiger partial charge in [0, 0.05) is 9.17 Å². The van der Waals surface area contributed by atoms with Gasteiger partial charge in [-0.3, -0.25) is 0 Å². The quantitative estimate of drug-likeness (QED) is 0.311. The monoisotopic (exact) mass is 198 g/mol. The molecule has 0 atom stereocenters. The van der Waals surface area contributed by atoms with E-state index in [4.69, 9.17) is 14.1 Å². The Labute approximate surface area is 71.1 Å². The number of hydrogen-bond acceptors (Lipinski definition) is 5. The maximum Gasteiger partial charge on any atom is 0.216 e. The molecule has 60 valence electrons. The molecule has 0 rings (SSSR count). The molecule has 0 N–H and O–H groups in total. The zero-order valence-electron chi connectivity index (χ0n) is 5.20. The lowest BCUT2D eigenvalue weighted by molar-refractivity contribution is -0.354. The van der Waals surface area contributed by atoms with Crippen LogP contribution in [0.2, 0.25) is 0 Å². The second-order valence-corrected chi connectivity index (χ2v) is 2.53. The fourth-order valence-corrected chi connectivity index (χ4v) is 0.370. The lowest BCUT2D eigenvalue weighted by Crippen LogP contribution is -2.34. The summed E-state index contributed by atoms with van der Waals surface area (Å²) in [7, 11) is -3.63. The standard InChI is InChI=1S/C3H6OS2.O3Si/c1-2-4-3(5)6;1-4(2)3/h2H2,1H3,(H,5,6);/q;-2. The highest BCUT2D eigenvalue weighted by Crippen LogP contribution is 1.83. The zero-order chi connectivity index (χ0) is 8.57. The van der Waals surface area contributed by atoms with E-state index in [1.165, 1.54) is 0 Å². The van der Waals surface area contributed by atoms with Gasteiger partial charge >= 0.3 is 0 Å². The molecule has 0 aliphatic carbocycles. The average Bonchev–Trinajstić information content (AvgIpc) is 1.62. The maximum atomic E-state index is 8.52. The topological polar surface area (TPSA) is 72.4 Å². The summed E-state index contributed by atoms with van der Waals surface area (Å²) in [6.07, 6.45) is 0. The van der Waals surface area contributed by atoms with Crippen molar-refractivity contribution in [2.24, 2.45) is 0 Å². The van der Waals surface area contributed by atoms with Crippen molar-refractivity contribution < 1.29 is 18.8 Å². The van der Waals surface area contributed by atoms with Gasteiger partial charge in [0.1, 0.15) is 0 Å². The van der Waals surface area contributed by atoms with Crippen molar-refractivity contribution in [2.45, 2.75) is 6.92 Å². The molecule has 0 unspecified atom stereocenters. The molecule has 0 saturated heterocycles. The van der Waals surface area contributed by atoms with Gasteiger partial charge in [0.25, 0.3) is 0 Å². The third-order valence-electron chi connectivity index (χ3n) is 0.268. The molecule has 0 aromatic carbocycles. The van der Waals surface area contributed by atoms with Crippen molar-refractivity contribution in [2.75, 3.05) is 6.61 Å². The van der Waals surface area contributed by atoms with Crippen LogP contribution in [0.3, 0.4) is 0 Å². The first-order chi connectivity index (χ1) is 4.50. The first kappa shape index (κ1) is 12.5. The van der Waals surface area contributed by atoms with E-state index < -0.39 is 9.17 Å². The molecule has 0 radical (unpaired) electrons.